The van der Waals surface area contributed by atoms with E-state index in [0.29, 0.717) is 23.1 Å². The van der Waals surface area contributed by atoms with Gasteiger partial charge in [-0.2, -0.15) is 0 Å². The molecule has 3 rings (SSSR count). The summed E-state index contributed by atoms with van der Waals surface area (Å²) in [5, 5.41) is 18.1. The molecule has 2 aromatic rings. The summed E-state index contributed by atoms with van der Waals surface area (Å²) in [6, 6.07) is 1.83. The molecule has 0 aliphatic heterocycles. The number of aliphatic hydroxyl groups excluding tert-OH is 1. The first-order chi connectivity index (χ1) is 12.9. The lowest BCUT2D eigenvalue weighted by atomic mass is 9.76. The number of aliphatic hydroxyl groups is 1. The Balaban J connectivity index is 1.99. The van der Waals surface area contributed by atoms with E-state index < -0.39 is 5.54 Å². The molecule has 2 heterocycles. The average molecular weight is 373 g/mol. The molecule has 2 aromatic heterocycles. The normalized spacial score (nSPS) is 18.0. The van der Waals surface area contributed by atoms with Crippen LogP contribution in [0.2, 0.25) is 0 Å². The second kappa shape index (κ2) is 7.97. The van der Waals surface area contributed by atoms with Crippen molar-refractivity contribution in [1.29, 1.82) is 0 Å². The van der Waals surface area contributed by atoms with E-state index in [2.05, 4.69) is 15.5 Å². The van der Waals surface area contributed by atoms with Gasteiger partial charge in [0.1, 0.15) is 0 Å². The fourth-order valence-electron chi connectivity index (χ4n) is 4.12. The van der Waals surface area contributed by atoms with Gasteiger partial charge in [0.15, 0.2) is 0 Å². The first-order valence-corrected chi connectivity index (χ1v) is 10.1. The summed E-state index contributed by atoms with van der Waals surface area (Å²) in [6.45, 7) is 7.92. The molecule has 1 fully saturated rings. The average Bonchev–Trinajstić information content (AvgIpc) is 3.11. The van der Waals surface area contributed by atoms with Gasteiger partial charge in [-0.3, -0.25) is 4.79 Å². The lowest BCUT2D eigenvalue weighted by Gasteiger charge is -2.39. The number of aryl methyl sites for hydroxylation is 1. The molecule has 1 amide bonds. The molecule has 0 bridgehead atoms. The van der Waals surface area contributed by atoms with Crippen LogP contribution in [0.3, 0.4) is 0 Å². The van der Waals surface area contributed by atoms with E-state index in [4.69, 9.17) is 4.52 Å². The van der Waals surface area contributed by atoms with Crippen molar-refractivity contribution in [3.05, 3.63) is 23.0 Å². The molecule has 0 aromatic carbocycles. The van der Waals surface area contributed by atoms with Crippen molar-refractivity contribution in [1.82, 2.24) is 15.5 Å². The summed E-state index contributed by atoms with van der Waals surface area (Å²) in [7, 11) is 0. The molecule has 0 spiro atoms. The fourth-order valence-corrected chi connectivity index (χ4v) is 4.12. The van der Waals surface area contributed by atoms with Gasteiger partial charge in [0.05, 0.1) is 28.8 Å². The van der Waals surface area contributed by atoms with Gasteiger partial charge < -0.3 is 14.9 Å². The van der Waals surface area contributed by atoms with Crippen molar-refractivity contribution in [2.24, 2.45) is 5.92 Å². The lowest BCUT2D eigenvalue weighted by Crippen LogP contribution is -2.54. The number of aromatic nitrogens is 2. The van der Waals surface area contributed by atoms with Crippen molar-refractivity contribution in [2.45, 2.75) is 77.7 Å². The highest BCUT2D eigenvalue weighted by Crippen LogP contribution is 2.33. The third-order valence-electron chi connectivity index (χ3n) is 5.91. The first kappa shape index (κ1) is 19.8. The summed E-state index contributed by atoms with van der Waals surface area (Å²) in [4.78, 5) is 17.8. The standard InChI is InChI=1S/C21H31N3O3/c1-5-15-11-16(17-18(13(2)3)24-27-20(17)22-15)19(26)23-21(4,12-25)14-9-7-6-8-10-14/h11,13-14,25H,5-10,12H2,1-4H3,(H,23,26). The van der Waals surface area contributed by atoms with Gasteiger partial charge in [0.2, 0.25) is 0 Å². The zero-order chi connectivity index (χ0) is 19.6. The monoisotopic (exact) mass is 373 g/mol. The van der Waals surface area contributed by atoms with Crippen LogP contribution < -0.4 is 5.32 Å². The van der Waals surface area contributed by atoms with Crippen LogP contribution in [0, 0.1) is 5.92 Å². The number of nitrogens with one attached hydrogen (secondary N) is 1. The SMILES string of the molecule is CCc1cc(C(=O)NC(C)(CO)C2CCCCC2)c2c(C(C)C)noc2n1. The molecule has 0 saturated heterocycles. The highest BCUT2D eigenvalue weighted by atomic mass is 16.5. The summed E-state index contributed by atoms with van der Waals surface area (Å²) in [6.07, 6.45) is 6.31. The van der Waals surface area contributed by atoms with E-state index in [0.717, 1.165) is 37.1 Å². The molecule has 27 heavy (non-hydrogen) atoms. The molecule has 1 aliphatic rings. The minimum Gasteiger partial charge on any atom is -0.394 e. The van der Waals surface area contributed by atoms with Gasteiger partial charge in [-0.1, -0.05) is 45.2 Å². The molecule has 2 N–H and O–H groups in total. The Bertz CT molecular complexity index is 808. The Kier molecular flexibility index (Phi) is 5.84. The molecule has 6 heteroatoms. The van der Waals surface area contributed by atoms with Crippen molar-refractivity contribution < 1.29 is 14.4 Å². The number of amides is 1. The van der Waals surface area contributed by atoms with Gasteiger partial charge in [-0.15, -0.1) is 0 Å². The van der Waals surface area contributed by atoms with Gasteiger partial charge in [-0.25, -0.2) is 4.98 Å². The van der Waals surface area contributed by atoms with Gasteiger partial charge in [-0.05, 0) is 44.1 Å². The first-order valence-electron chi connectivity index (χ1n) is 10.1. The van der Waals surface area contributed by atoms with Crippen molar-refractivity contribution in [3.8, 4) is 0 Å². The second-order valence-electron chi connectivity index (χ2n) is 8.28. The Morgan fingerprint density at radius 3 is 2.67 bits per heavy atom. The van der Waals surface area contributed by atoms with Crippen LogP contribution in [0.4, 0.5) is 0 Å². The number of nitrogens with zero attached hydrogens (tertiary/aromatic N) is 2. The number of hydrogen-bond acceptors (Lipinski definition) is 5. The molecule has 1 saturated carbocycles. The quantitative estimate of drug-likeness (QED) is 0.800. The zero-order valence-electron chi connectivity index (χ0n) is 16.8. The highest BCUT2D eigenvalue weighted by molar-refractivity contribution is 6.06. The van der Waals surface area contributed by atoms with Gasteiger partial charge in [0, 0.05) is 5.69 Å². The zero-order valence-corrected chi connectivity index (χ0v) is 16.8. The molecular formula is C21H31N3O3. The van der Waals surface area contributed by atoms with Crippen LogP contribution in [-0.4, -0.2) is 33.3 Å². The molecule has 0 radical (unpaired) electrons. The van der Waals surface area contributed by atoms with Crippen molar-refractivity contribution in [2.75, 3.05) is 6.61 Å². The van der Waals surface area contributed by atoms with Crippen LogP contribution in [0.5, 0.6) is 0 Å². The van der Waals surface area contributed by atoms with E-state index in [9.17, 15) is 9.90 Å². The van der Waals surface area contributed by atoms with Gasteiger partial charge >= 0.3 is 0 Å². The maximum absolute atomic E-state index is 13.3. The third-order valence-corrected chi connectivity index (χ3v) is 5.91. The number of hydrogen-bond donors (Lipinski definition) is 2. The number of carbonyl (C=O) groups excluding carboxylic acids is 1. The Hall–Kier alpha value is -1.95. The van der Waals surface area contributed by atoms with E-state index in [1.807, 2.05) is 33.8 Å². The Morgan fingerprint density at radius 1 is 1.37 bits per heavy atom. The van der Waals surface area contributed by atoms with E-state index in [1.165, 1.54) is 6.42 Å². The predicted octanol–water partition coefficient (Wildman–Crippen LogP) is 3.97. The lowest BCUT2D eigenvalue weighted by molar-refractivity contribution is 0.0681. The molecule has 1 unspecified atom stereocenters. The maximum Gasteiger partial charge on any atom is 0.259 e. The smallest absolute Gasteiger partial charge is 0.259 e. The molecule has 6 nitrogen and oxygen atoms in total. The summed E-state index contributed by atoms with van der Waals surface area (Å²) >= 11 is 0. The van der Waals surface area contributed by atoms with Crippen LogP contribution in [-0.2, 0) is 6.42 Å². The Labute approximate surface area is 160 Å². The topological polar surface area (TPSA) is 88.2 Å². The molecule has 148 valence electrons. The van der Waals surface area contributed by atoms with Crippen LogP contribution in [0.1, 0.15) is 87.5 Å². The number of rotatable bonds is 6. The van der Waals surface area contributed by atoms with E-state index >= 15 is 0 Å². The summed E-state index contributed by atoms with van der Waals surface area (Å²) in [5.74, 6) is 0.217. The van der Waals surface area contributed by atoms with E-state index in [-0.39, 0.29) is 24.3 Å². The summed E-state index contributed by atoms with van der Waals surface area (Å²) in [5.41, 5.74) is 1.86. The van der Waals surface area contributed by atoms with E-state index in [1.54, 1.807) is 0 Å². The fraction of sp³-hybridized carbons (Fsp3) is 0.667. The highest BCUT2D eigenvalue weighted by Gasteiger charge is 2.36. The Morgan fingerprint density at radius 2 is 2.07 bits per heavy atom. The van der Waals surface area contributed by atoms with Crippen LogP contribution in [0.15, 0.2) is 10.6 Å². The van der Waals surface area contributed by atoms with Crippen molar-refractivity contribution in [3.63, 3.8) is 0 Å². The maximum atomic E-state index is 13.3. The van der Waals surface area contributed by atoms with Crippen molar-refractivity contribution >= 4 is 17.0 Å². The molecular weight excluding hydrogens is 342 g/mol. The minimum absolute atomic E-state index is 0.0705. The molecule has 1 aliphatic carbocycles. The third kappa shape index (κ3) is 3.86. The van der Waals surface area contributed by atoms with Crippen LogP contribution >= 0.6 is 0 Å². The van der Waals surface area contributed by atoms with Crippen LogP contribution in [0.25, 0.3) is 11.1 Å². The second-order valence-corrected chi connectivity index (χ2v) is 8.28. The number of carbonyl (C=O) groups is 1. The van der Waals surface area contributed by atoms with Gasteiger partial charge in [0.25, 0.3) is 11.6 Å². The number of fused-ring (bicyclic) bond motifs is 1. The minimum atomic E-state index is -0.630. The summed E-state index contributed by atoms with van der Waals surface area (Å²) < 4.78 is 5.43. The predicted molar refractivity (Wildman–Crippen MR) is 105 cm³/mol. The largest absolute Gasteiger partial charge is 0.394 e. The molecule has 1 atom stereocenters. The number of pyridine rings is 1.